The highest BCUT2D eigenvalue weighted by molar-refractivity contribution is 8.14. The molecule has 134 valence electrons. The minimum atomic E-state index is -0.438. The number of benzene rings is 2. The summed E-state index contributed by atoms with van der Waals surface area (Å²) in [6, 6.07) is 12.0. The number of hydrogen-bond donors (Lipinski definition) is 0. The van der Waals surface area contributed by atoms with E-state index in [0.29, 0.717) is 17.5 Å². The van der Waals surface area contributed by atoms with Crippen LogP contribution in [-0.2, 0) is 10.2 Å². The van der Waals surface area contributed by atoms with Gasteiger partial charge in [-0.2, -0.15) is 0 Å². The zero-order valence-corrected chi connectivity index (χ0v) is 15.8. The van der Waals surface area contributed by atoms with E-state index in [2.05, 4.69) is 18.6 Å². The Morgan fingerprint density at radius 1 is 1.04 bits per heavy atom. The molecule has 0 unspecified atom stereocenters. The lowest BCUT2D eigenvalue weighted by atomic mass is 9.72. The first kappa shape index (κ1) is 18.4. The van der Waals surface area contributed by atoms with Crippen LogP contribution in [-0.4, -0.2) is 24.0 Å². The maximum Gasteiger partial charge on any atom is 0.337 e. The smallest absolute Gasteiger partial charge is 0.337 e. The van der Waals surface area contributed by atoms with E-state index >= 15 is 0 Å². The Bertz CT molecular complexity index is 881. The number of thioether (sulfide) groups is 1. The molecule has 2 aromatic carbocycles. The van der Waals surface area contributed by atoms with E-state index < -0.39 is 5.97 Å². The van der Waals surface area contributed by atoms with Crippen LogP contribution in [0.25, 0.3) is 0 Å². The van der Waals surface area contributed by atoms with Crippen LogP contribution in [0.1, 0.15) is 63.3 Å². The minimum absolute atomic E-state index is 0.0276. The van der Waals surface area contributed by atoms with Crippen LogP contribution >= 0.6 is 11.8 Å². The summed E-state index contributed by atoms with van der Waals surface area (Å²) in [5.74, 6) is -0.302. The Hall–Kier alpha value is -2.40. The Morgan fingerprint density at radius 3 is 2.35 bits per heavy atom. The SMILES string of the molecule is COC(=O)c1ccc(C(=O)Sc2ccc3c(c2)C(=O)CCC3(C)C)cc1. The number of Topliss-reactive ketones (excluding diaryl/α,β-unsaturated/α-hetero) is 1. The van der Waals surface area contributed by atoms with Crippen molar-refractivity contribution in [3.63, 3.8) is 0 Å². The van der Waals surface area contributed by atoms with Crippen LogP contribution in [0.5, 0.6) is 0 Å². The Kier molecular flexibility index (Phi) is 5.01. The van der Waals surface area contributed by atoms with Crippen molar-refractivity contribution in [1.29, 1.82) is 0 Å². The van der Waals surface area contributed by atoms with Gasteiger partial charge >= 0.3 is 5.97 Å². The topological polar surface area (TPSA) is 60.4 Å². The van der Waals surface area contributed by atoms with Gasteiger partial charge in [0.05, 0.1) is 12.7 Å². The number of ether oxygens (including phenoxy) is 1. The van der Waals surface area contributed by atoms with Crippen molar-refractivity contribution in [2.24, 2.45) is 0 Å². The quantitative estimate of drug-likeness (QED) is 0.582. The molecule has 26 heavy (non-hydrogen) atoms. The molecule has 0 spiro atoms. The molecule has 0 heterocycles. The van der Waals surface area contributed by atoms with Crippen molar-refractivity contribution in [3.05, 3.63) is 64.7 Å². The van der Waals surface area contributed by atoms with Crippen LogP contribution < -0.4 is 0 Å². The summed E-state index contributed by atoms with van der Waals surface area (Å²) in [4.78, 5) is 37.0. The van der Waals surface area contributed by atoms with Crippen molar-refractivity contribution in [2.75, 3.05) is 7.11 Å². The second-order valence-corrected chi connectivity index (χ2v) is 8.02. The van der Waals surface area contributed by atoms with E-state index in [1.54, 1.807) is 24.3 Å². The van der Waals surface area contributed by atoms with Gasteiger partial charge in [0.15, 0.2) is 5.78 Å². The van der Waals surface area contributed by atoms with Gasteiger partial charge in [0.2, 0.25) is 5.12 Å². The molecule has 0 saturated heterocycles. The predicted octanol–water partition coefficient (Wildman–Crippen LogP) is 4.66. The summed E-state index contributed by atoms with van der Waals surface area (Å²) in [6.07, 6.45) is 1.38. The van der Waals surface area contributed by atoms with Crippen molar-refractivity contribution in [2.45, 2.75) is 37.0 Å². The molecule has 4 nitrogen and oxygen atoms in total. The molecular formula is C21H20O4S. The fraction of sp³-hybridized carbons (Fsp3) is 0.286. The highest BCUT2D eigenvalue weighted by atomic mass is 32.2. The highest BCUT2D eigenvalue weighted by Crippen LogP contribution is 2.38. The third kappa shape index (κ3) is 3.58. The third-order valence-corrected chi connectivity index (χ3v) is 5.66. The van der Waals surface area contributed by atoms with E-state index in [1.807, 2.05) is 18.2 Å². The Morgan fingerprint density at radius 2 is 1.69 bits per heavy atom. The van der Waals surface area contributed by atoms with E-state index in [4.69, 9.17) is 0 Å². The van der Waals surface area contributed by atoms with E-state index in [-0.39, 0.29) is 16.3 Å². The summed E-state index contributed by atoms with van der Waals surface area (Å²) < 4.78 is 4.65. The number of esters is 1. The average molecular weight is 368 g/mol. The maximum absolute atomic E-state index is 12.5. The summed E-state index contributed by atoms with van der Waals surface area (Å²) in [5.41, 5.74) is 2.64. The van der Waals surface area contributed by atoms with Gasteiger partial charge in [0.25, 0.3) is 0 Å². The maximum atomic E-state index is 12.5. The first-order valence-corrected chi connectivity index (χ1v) is 9.22. The van der Waals surface area contributed by atoms with Crippen LogP contribution in [0.15, 0.2) is 47.4 Å². The number of carbonyl (C=O) groups is 3. The van der Waals surface area contributed by atoms with E-state index in [1.165, 1.54) is 7.11 Å². The van der Waals surface area contributed by atoms with Crippen LogP contribution in [0.2, 0.25) is 0 Å². The summed E-state index contributed by atoms with van der Waals surface area (Å²) in [7, 11) is 1.32. The largest absolute Gasteiger partial charge is 0.465 e. The van der Waals surface area contributed by atoms with Gasteiger partial charge in [-0.25, -0.2) is 4.79 Å². The zero-order valence-electron chi connectivity index (χ0n) is 15.0. The lowest BCUT2D eigenvalue weighted by Crippen LogP contribution is -2.27. The number of fused-ring (bicyclic) bond motifs is 1. The van der Waals surface area contributed by atoms with Gasteiger partial charge in [-0.1, -0.05) is 19.9 Å². The van der Waals surface area contributed by atoms with Crippen molar-refractivity contribution in [1.82, 2.24) is 0 Å². The van der Waals surface area contributed by atoms with Gasteiger partial charge in [-0.05, 0) is 65.6 Å². The molecule has 0 radical (unpaired) electrons. The highest BCUT2D eigenvalue weighted by Gasteiger charge is 2.31. The zero-order chi connectivity index (χ0) is 18.9. The van der Waals surface area contributed by atoms with Gasteiger partial charge in [0.1, 0.15) is 0 Å². The fourth-order valence-electron chi connectivity index (χ4n) is 3.13. The molecule has 1 aliphatic carbocycles. The Labute approximate surface area is 156 Å². The molecule has 0 N–H and O–H groups in total. The second-order valence-electron chi connectivity index (χ2n) is 6.97. The van der Waals surface area contributed by atoms with Crippen LogP contribution in [0.4, 0.5) is 0 Å². The summed E-state index contributed by atoms with van der Waals surface area (Å²) in [6.45, 7) is 4.28. The molecule has 0 aromatic heterocycles. The van der Waals surface area contributed by atoms with Crippen LogP contribution in [0, 0.1) is 0 Å². The van der Waals surface area contributed by atoms with Crippen molar-refractivity contribution in [3.8, 4) is 0 Å². The second kappa shape index (κ2) is 7.08. The van der Waals surface area contributed by atoms with Gasteiger partial charge in [-0.3, -0.25) is 9.59 Å². The number of ketones is 1. The molecule has 0 fully saturated rings. The molecule has 2 aromatic rings. The molecule has 0 bridgehead atoms. The number of methoxy groups -OCH3 is 1. The minimum Gasteiger partial charge on any atom is -0.465 e. The molecule has 5 heteroatoms. The van der Waals surface area contributed by atoms with Crippen molar-refractivity contribution < 1.29 is 19.1 Å². The van der Waals surface area contributed by atoms with Gasteiger partial charge in [-0.15, -0.1) is 0 Å². The standard InChI is InChI=1S/C21H20O4S/c1-21(2)11-10-18(22)16-12-15(8-9-17(16)21)26-20(24)14-6-4-13(5-7-14)19(23)25-3/h4-9,12H,10-11H2,1-3H3. The first-order chi connectivity index (χ1) is 12.3. The average Bonchev–Trinajstić information content (AvgIpc) is 2.64. The number of rotatable bonds is 3. The summed E-state index contributed by atoms with van der Waals surface area (Å²) >= 11 is 1.08. The van der Waals surface area contributed by atoms with Crippen LogP contribution in [0.3, 0.4) is 0 Å². The Balaban J connectivity index is 1.81. The molecule has 1 aliphatic rings. The van der Waals surface area contributed by atoms with Gasteiger partial charge in [0, 0.05) is 22.4 Å². The molecule has 0 atom stereocenters. The van der Waals surface area contributed by atoms with E-state index in [9.17, 15) is 14.4 Å². The predicted molar refractivity (Wildman–Crippen MR) is 101 cm³/mol. The molecule has 3 rings (SSSR count). The number of hydrogen-bond acceptors (Lipinski definition) is 5. The first-order valence-electron chi connectivity index (χ1n) is 8.40. The normalized spacial score (nSPS) is 15.3. The lowest BCUT2D eigenvalue weighted by Gasteiger charge is -2.31. The van der Waals surface area contributed by atoms with Crippen molar-refractivity contribution >= 4 is 28.6 Å². The molecular weight excluding hydrogens is 348 g/mol. The molecule has 0 amide bonds. The monoisotopic (exact) mass is 368 g/mol. The lowest BCUT2D eigenvalue weighted by molar-refractivity contribution is 0.0600. The fourth-order valence-corrected chi connectivity index (χ4v) is 3.91. The molecule has 0 saturated carbocycles. The molecule has 0 aliphatic heterocycles. The van der Waals surface area contributed by atoms with Gasteiger partial charge < -0.3 is 4.74 Å². The van der Waals surface area contributed by atoms with E-state index in [0.717, 1.165) is 34.2 Å². The number of carbonyl (C=O) groups excluding carboxylic acids is 3. The third-order valence-electron chi connectivity index (χ3n) is 4.75. The summed E-state index contributed by atoms with van der Waals surface area (Å²) in [5, 5.41) is -0.135.